The van der Waals surface area contributed by atoms with Crippen LogP contribution in [0.25, 0.3) is 16.9 Å². The minimum absolute atomic E-state index is 0.132. The molecule has 5 rings (SSSR count). The molecule has 32 heavy (non-hydrogen) atoms. The van der Waals surface area contributed by atoms with Crippen molar-refractivity contribution in [2.24, 2.45) is 0 Å². The van der Waals surface area contributed by atoms with Gasteiger partial charge in [0.2, 0.25) is 0 Å². The van der Waals surface area contributed by atoms with Crippen LogP contribution in [0.4, 0.5) is 5.69 Å². The topological polar surface area (TPSA) is 98.5 Å². The summed E-state index contributed by atoms with van der Waals surface area (Å²) in [7, 11) is -3.78. The highest BCUT2D eigenvalue weighted by molar-refractivity contribution is 7.92. The van der Waals surface area contributed by atoms with E-state index in [0.717, 1.165) is 5.56 Å². The molecule has 0 aliphatic rings. The van der Waals surface area contributed by atoms with Crippen LogP contribution >= 0.6 is 0 Å². The van der Waals surface area contributed by atoms with E-state index in [4.69, 9.17) is 4.74 Å². The molecule has 0 amide bonds. The van der Waals surface area contributed by atoms with Gasteiger partial charge in [0.1, 0.15) is 17.8 Å². The fourth-order valence-corrected chi connectivity index (χ4v) is 4.20. The van der Waals surface area contributed by atoms with E-state index in [0.29, 0.717) is 28.5 Å². The quantitative estimate of drug-likeness (QED) is 0.418. The number of ether oxygens (including phenoxy) is 1. The van der Waals surface area contributed by atoms with Crippen LogP contribution in [-0.4, -0.2) is 28.2 Å². The highest BCUT2D eigenvalue weighted by Crippen LogP contribution is 2.25. The van der Waals surface area contributed by atoms with E-state index in [1.165, 1.54) is 18.5 Å². The van der Waals surface area contributed by atoms with Crippen LogP contribution in [-0.2, 0) is 10.0 Å². The summed E-state index contributed by atoms with van der Waals surface area (Å²) < 4.78 is 35.6. The van der Waals surface area contributed by atoms with Gasteiger partial charge < -0.3 is 4.74 Å². The summed E-state index contributed by atoms with van der Waals surface area (Å²) in [5, 5.41) is 12.2. The van der Waals surface area contributed by atoms with Gasteiger partial charge in [0.25, 0.3) is 10.0 Å². The third-order valence-corrected chi connectivity index (χ3v) is 6.08. The molecule has 2 aromatic heterocycles. The number of fused-ring (bicyclic) bond motifs is 1. The van der Waals surface area contributed by atoms with Gasteiger partial charge in [0, 0.05) is 11.3 Å². The number of benzene rings is 3. The minimum atomic E-state index is -3.78. The lowest BCUT2D eigenvalue weighted by Crippen LogP contribution is -2.12. The Morgan fingerprint density at radius 1 is 0.812 bits per heavy atom. The lowest BCUT2D eigenvalue weighted by atomic mass is 10.1. The van der Waals surface area contributed by atoms with Gasteiger partial charge in [-0.05, 0) is 60.7 Å². The zero-order valence-electron chi connectivity index (χ0n) is 16.7. The standard InChI is InChI=1S/C23H17N5O3S/c29-32(30,21-11-9-20(10-12-21)31-19-7-2-1-3-8-19)27-18-6-4-5-17(15-18)22-13-14-23-25-24-16-28(23)26-22/h1-16,27H. The monoisotopic (exact) mass is 443 g/mol. The van der Waals surface area contributed by atoms with Crippen LogP contribution in [0, 0.1) is 0 Å². The SMILES string of the molecule is O=S(=O)(Nc1cccc(-c2ccc3nncn3n2)c1)c1ccc(Oc2ccccc2)cc1. The first-order valence-electron chi connectivity index (χ1n) is 9.70. The Morgan fingerprint density at radius 2 is 1.59 bits per heavy atom. The second-order valence-corrected chi connectivity index (χ2v) is 8.61. The molecule has 0 spiro atoms. The van der Waals surface area contributed by atoms with E-state index in [-0.39, 0.29) is 4.90 Å². The van der Waals surface area contributed by atoms with Crippen molar-refractivity contribution in [2.45, 2.75) is 4.90 Å². The van der Waals surface area contributed by atoms with Gasteiger partial charge in [0.05, 0.1) is 10.6 Å². The zero-order valence-corrected chi connectivity index (χ0v) is 17.5. The van der Waals surface area contributed by atoms with Gasteiger partial charge in [-0.3, -0.25) is 4.72 Å². The molecule has 9 heteroatoms. The average Bonchev–Trinajstić information content (AvgIpc) is 3.28. The number of nitrogens with one attached hydrogen (secondary N) is 1. The molecule has 0 aliphatic carbocycles. The Hall–Kier alpha value is -4.24. The first-order chi connectivity index (χ1) is 15.6. The molecule has 0 bridgehead atoms. The third-order valence-electron chi connectivity index (χ3n) is 4.69. The number of sulfonamides is 1. The molecule has 0 unspecified atom stereocenters. The van der Waals surface area contributed by atoms with E-state index >= 15 is 0 Å². The first kappa shape index (κ1) is 19.7. The minimum Gasteiger partial charge on any atom is -0.457 e. The fourth-order valence-electron chi connectivity index (χ4n) is 3.15. The maximum Gasteiger partial charge on any atom is 0.261 e. The predicted molar refractivity (Wildman–Crippen MR) is 120 cm³/mol. The van der Waals surface area contributed by atoms with Gasteiger partial charge in [-0.25, -0.2) is 8.42 Å². The molecule has 3 aromatic carbocycles. The highest BCUT2D eigenvalue weighted by Gasteiger charge is 2.15. The van der Waals surface area contributed by atoms with Crippen LogP contribution in [0.5, 0.6) is 11.5 Å². The molecular formula is C23H17N5O3S. The Kier molecular flexibility index (Phi) is 5.00. The normalized spacial score (nSPS) is 11.4. The molecule has 0 fully saturated rings. The maximum atomic E-state index is 12.9. The van der Waals surface area contributed by atoms with Crippen molar-refractivity contribution >= 4 is 21.4 Å². The van der Waals surface area contributed by atoms with Crippen LogP contribution < -0.4 is 9.46 Å². The van der Waals surface area contributed by atoms with Gasteiger partial charge in [-0.15, -0.1) is 10.2 Å². The van der Waals surface area contributed by atoms with Crippen molar-refractivity contribution < 1.29 is 13.2 Å². The van der Waals surface area contributed by atoms with E-state index in [2.05, 4.69) is 20.0 Å². The van der Waals surface area contributed by atoms with Crippen molar-refractivity contribution in [3.63, 3.8) is 0 Å². The summed E-state index contributed by atoms with van der Waals surface area (Å²) in [6.07, 6.45) is 1.51. The summed E-state index contributed by atoms with van der Waals surface area (Å²) >= 11 is 0. The third kappa shape index (κ3) is 4.14. The molecule has 0 saturated heterocycles. The molecule has 0 radical (unpaired) electrons. The fraction of sp³-hybridized carbons (Fsp3) is 0. The average molecular weight is 443 g/mol. The van der Waals surface area contributed by atoms with E-state index < -0.39 is 10.0 Å². The van der Waals surface area contributed by atoms with Crippen LogP contribution in [0.15, 0.2) is 102 Å². The lowest BCUT2D eigenvalue weighted by molar-refractivity contribution is 0.482. The van der Waals surface area contributed by atoms with E-state index in [1.54, 1.807) is 40.9 Å². The predicted octanol–water partition coefficient (Wildman–Crippen LogP) is 4.38. The zero-order chi connectivity index (χ0) is 22.0. The number of hydrogen-bond acceptors (Lipinski definition) is 6. The molecule has 0 aliphatic heterocycles. The Balaban J connectivity index is 1.35. The van der Waals surface area contributed by atoms with Crippen LogP contribution in [0.1, 0.15) is 0 Å². The van der Waals surface area contributed by atoms with Gasteiger partial charge >= 0.3 is 0 Å². The Morgan fingerprint density at radius 3 is 2.41 bits per heavy atom. The smallest absolute Gasteiger partial charge is 0.261 e. The first-order valence-corrected chi connectivity index (χ1v) is 11.2. The molecule has 0 saturated carbocycles. The van der Waals surface area contributed by atoms with Crippen LogP contribution in [0.3, 0.4) is 0 Å². The van der Waals surface area contributed by atoms with Crippen molar-refractivity contribution in [1.29, 1.82) is 0 Å². The summed E-state index contributed by atoms with van der Waals surface area (Å²) in [4.78, 5) is 0.132. The summed E-state index contributed by atoms with van der Waals surface area (Å²) in [6.45, 7) is 0. The van der Waals surface area contributed by atoms with E-state index in [9.17, 15) is 8.42 Å². The van der Waals surface area contributed by atoms with E-state index in [1.807, 2.05) is 42.5 Å². The molecular weight excluding hydrogens is 426 g/mol. The molecule has 0 atom stereocenters. The summed E-state index contributed by atoms with van der Waals surface area (Å²) in [6, 6.07) is 26.2. The largest absolute Gasteiger partial charge is 0.457 e. The summed E-state index contributed by atoms with van der Waals surface area (Å²) in [5.41, 5.74) is 2.48. The molecule has 1 N–H and O–H groups in total. The van der Waals surface area contributed by atoms with Gasteiger partial charge in [0.15, 0.2) is 5.65 Å². The van der Waals surface area contributed by atoms with Gasteiger partial charge in [-0.1, -0.05) is 30.3 Å². The molecule has 5 aromatic rings. The second kappa shape index (κ2) is 8.12. The van der Waals surface area contributed by atoms with Crippen molar-refractivity contribution in [1.82, 2.24) is 19.8 Å². The van der Waals surface area contributed by atoms with Crippen LogP contribution in [0.2, 0.25) is 0 Å². The molecule has 8 nitrogen and oxygen atoms in total. The van der Waals surface area contributed by atoms with Crippen molar-refractivity contribution in [3.8, 4) is 22.8 Å². The van der Waals surface area contributed by atoms with Crippen molar-refractivity contribution in [3.05, 3.63) is 97.3 Å². The number of rotatable bonds is 6. The number of nitrogens with zero attached hydrogens (tertiary/aromatic N) is 4. The maximum absolute atomic E-state index is 12.9. The lowest BCUT2D eigenvalue weighted by Gasteiger charge is -2.11. The number of anilines is 1. The Labute approximate surface area is 184 Å². The summed E-state index contributed by atoms with van der Waals surface area (Å²) in [5.74, 6) is 1.23. The molecule has 2 heterocycles. The van der Waals surface area contributed by atoms with Crippen molar-refractivity contribution in [2.75, 3.05) is 4.72 Å². The number of hydrogen-bond donors (Lipinski definition) is 1. The highest BCUT2D eigenvalue weighted by atomic mass is 32.2. The number of aromatic nitrogens is 4. The Bertz CT molecular complexity index is 1480. The molecule has 158 valence electrons. The van der Waals surface area contributed by atoms with Gasteiger partial charge in [-0.2, -0.15) is 9.61 Å². The number of para-hydroxylation sites is 1. The second-order valence-electron chi connectivity index (χ2n) is 6.93.